The molecule has 0 fully saturated rings. The Bertz CT molecular complexity index is 1190. The van der Waals surface area contributed by atoms with E-state index in [1.807, 2.05) is 6.92 Å². The van der Waals surface area contributed by atoms with Crippen molar-refractivity contribution in [2.24, 2.45) is 5.92 Å². The fraction of sp³-hybridized carbons (Fsp3) is 0.848. The first-order valence-electron chi connectivity index (χ1n) is 23.5. The summed E-state index contributed by atoms with van der Waals surface area (Å²) >= 11 is 0. The second-order valence-electron chi connectivity index (χ2n) is 15.8. The van der Waals surface area contributed by atoms with Crippen molar-refractivity contribution < 1.29 is 67.8 Å². The molecule has 0 rings (SSSR count). The molecule has 0 spiro atoms. The lowest BCUT2D eigenvalue weighted by molar-refractivity contribution is -0.144. The number of methoxy groups -OCH3 is 1. The van der Waals surface area contributed by atoms with Crippen LogP contribution in [0.5, 0.6) is 0 Å². The minimum absolute atomic E-state index is 0.00885. The van der Waals surface area contributed by atoms with Gasteiger partial charge in [-0.15, -0.1) is 0 Å². The van der Waals surface area contributed by atoms with Gasteiger partial charge in [0.15, 0.2) is 0 Å². The lowest BCUT2D eigenvalue weighted by Crippen LogP contribution is -2.34. The number of hydrogen-bond donors (Lipinski definition) is 6. The van der Waals surface area contributed by atoms with Gasteiger partial charge in [-0.25, -0.2) is 0 Å². The Labute approximate surface area is 377 Å². The largest absolute Gasteiger partial charge is 0.481 e. The number of carboxylic acids is 3. The van der Waals surface area contributed by atoms with Gasteiger partial charge in [0.2, 0.25) is 11.8 Å². The van der Waals surface area contributed by atoms with Crippen molar-refractivity contribution in [2.75, 3.05) is 73.5 Å². The second kappa shape index (κ2) is 46.5. The molecule has 368 valence electrons. The lowest BCUT2D eigenvalue weighted by Gasteiger charge is -2.12. The average molecular weight is 904 g/mol. The van der Waals surface area contributed by atoms with Crippen LogP contribution in [0.25, 0.3) is 0 Å². The topological polar surface area (TPSA) is 253 Å². The zero-order valence-corrected chi connectivity index (χ0v) is 39.0. The van der Waals surface area contributed by atoms with Crippen molar-refractivity contribution in [3.63, 3.8) is 0 Å². The van der Waals surface area contributed by atoms with Crippen molar-refractivity contribution in [1.82, 2.24) is 16.0 Å². The van der Waals surface area contributed by atoms with E-state index in [1.54, 1.807) is 14.2 Å². The summed E-state index contributed by atoms with van der Waals surface area (Å²) < 4.78 is 20.6. The fourth-order valence-corrected chi connectivity index (χ4v) is 6.39. The first kappa shape index (κ1) is 61.6. The van der Waals surface area contributed by atoms with E-state index < -0.39 is 29.9 Å². The first-order chi connectivity index (χ1) is 30.4. The van der Waals surface area contributed by atoms with Crippen LogP contribution in [-0.4, -0.2) is 136 Å². The molecule has 0 aliphatic heterocycles. The molecule has 17 nitrogen and oxygen atoms in total. The number of carbonyl (C=O) groups excluding carboxylic acids is 4. The van der Waals surface area contributed by atoms with Gasteiger partial charge in [-0.3, -0.25) is 33.6 Å². The Morgan fingerprint density at radius 2 is 1.02 bits per heavy atom. The number of rotatable bonds is 46. The minimum Gasteiger partial charge on any atom is -0.481 e. The van der Waals surface area contributed by atoms with E-state index in [-0.39, 0.29) is 55.7 Å². The highest BCUT2D eigenvalue weighted by Crippen LogP contribution is 2.17. The summed E-state index contributed by atoms with van der Waals surface area (Å²) in [5, 5.41) is 35.0. The Morgan fingerprint density at radius 1 is 0.492 bits per heavy atom. The van der Waals surface area contributed by atoms with Crippen molar-refractivity contribution >= 4 is 41.3 Å². The summed E-state index contributed by atoms with van der Waals surface area (Å²) in [5.41, 5.74) is 0. The smallest absolute Gasteiger partial charge is 0.320 e. The van der Waals surface area contributed by atoms with Gasteiger partial charge in [-0.05, 0) is 52.0 Å². The normalized spacial score (nSPS) is 11.9. The maximum Gasteiger partial charge on any atom is 0.320 e. The predicted octanol–water partition coefficient (Wildman–Crippen LogP) is 6.27. The van der Waals surface area contributed by atoms with E-state index in [0.717, 1.165) is 44.9 Å². The second-order valence-corrected chi connectivity index (χ2v) is 15.8. The molecule has 0 aromatic carbocycles. The van der Waals surface area contributed by atoms with Crippen LogP contribution in [0.15, 0.2) is 0 Å². The van der Waals surface area contributed by atoms with E-state index >= 15 is 0 Å². The molecule has 0 aromatic rings. The van der Waals surface area contributed by atoms with Gasteiger partial charge in [0.1, 0.15) is 24.2 Å². The molecule has 6 N–H and O–H groups in total. The van der Waals surface area contributed by atoms with Gasteiger partial charge in [-0.2, -0.15) is 0 Å². The molecule has 0 unspecified atom stereocenters. The van der Waals surface area contributed by atoms with Gasteiger partial charge >= 0.3 is 17.9 Å². The molecular formula is C46H85N3O14. The Morgan fingerprint density at radius 3 is 1.56 bits per heavy atom. The van der Waals surface area contributed by atoms with Crippen LogP contribution in [0.4, 0.5) is 0 Å². The number of ether oxygens (including phenoxy) is 4. The van der Waals surface area contributed by atoms with E-state index in [4.69, 9.17) is 29.2 Å². The molecule has 0 radical (unpaired) electrons. The molecule has 2 atom stereocenters. The summed E-state index contributed by atoms with van der Waals surface area (Å²) in [6.45, 7) is 5.25. The Kier molecular flexibility index (Phi) is 45.4. The van der Waals surface area contributed by atoms with Crippen LogP contribution in [0.3, 0.4) is 0 Å². The van der Waals surface area contributed by atoms with Gasteiger partial charge in [-0.1, -0.05) is 84.0 Å². The summed E-state index contributed by atoms with van der Waals surface area (Å²) in [5.74, 6) is -3.63. The van der Waals surface area contributed by atoms with E-state index in [9.17, 15) is 38.7 Å². The molecule has 0 bridgehead atoms. The number of likely N-dealkylation sites (N-methyl/N-ethyl adjacent to an activating group) is 1. The number of unbranched alkanes of at least 4 members (excludes halogenated alkanes) is 14. The summed E-state index contributed by atoms with van der Waals surface area (Å²) in [4.78, 5) is 79.5. The minimum atomic E-state index is -1.02. The van der Waals surface area contributed by atoms with Gasteiger partial charge in [0.05, 0.1) is 39.0 Å². The molecule has 0 heterocycles. The highest BCUT2D eigenvalue weighted by atomic mass is 16.5. The number of Topliss-reactive ketones (excluding diaryl/α,β-unsaturated/α-hetero) is 2. The Hall–Kier alpha value is -3.51. The molecule has 0 saturated heterocycles. The van der Waals surface area contributed by atoms with Crippen molar-refractivity contribution in [3.05, 3.63) is 0 Å². The van der Waals surface area contributed by atoms with Crippen molar-refractivity contribution in [1.29, 1.82) is 0 Å². The zero-order valence-electron chi connectivity index (χ0n) is 39.0. The summed E-state index contributed by atoms with van der Waals surface area (Å²) in [6.07, 6.45) is 20.4. The number of aliphatic carboxylic acids is 3. The number of carbonyl (C=O) groups is 7. The standard InChI is InChI=1S/C29H53NO8.C17H32N2O6/c1-37-22-23-38-21-20-30-27(32)19-18-25(29(35)36)24-26(31)16-14-12-10-8-6-4-2-3-5-7-9-11-13-15-17-28(33)34;1-3-14(20)7-6-10-24-11-12-25-13-16(21)19-9-5-4-8-15(18-2)17(22)23/h25H,2-24H2,1H3,(H,30,32)(H,33,34)(H,35,36);15,18H,3-13H2,1-2H3,(H,19,21)(H,22,23)/t25-;15-/m10/s1. The number of hydrogen-bond acceptors (Lipinski definition) is 12. The van der Waals surface area contributed by atoms with E-state index in [1.165, 1.54) is 51.4 Å². The van der Waals surface area contributed by atoms with E-state index in [2.05, 4.69) is 16.0 Å². The number of carboxylic acid groups (broad SMARTS) is 3. The Balaban J connectivity index is 0. The molecule has 0 aliphatic rings. The lowest BCUT2D eigenvalue weighted by atomic mass is 9.94. The summed E-state index contributed by atoms with van der Waals surface area (Å²) in [7, 11) is 3.20. The quantitative estimate of drug-likeness (QED) is 0.0368. The molecule has 0 aliphatic carbocycles. The number of ketones is 2. The average Bonchev–Trinajstić information content (AvgIpc) is 3.25. The highest BCUT2D eigenvalue weighted by Gasteiger charge is 2.22. The van der Waals surface area contributed by atoms with E-state index in [0.29, 0.717) is 91.3 Å². The van der Waals surface area contributed by atoms with Crippen LogP contribution in [0.2, 0.25) is 0 Å². The molecule has 0 aromatic heterocycles. The van der Waals surface area contributed by atoms with Crippen LogP contribution in [-0.2, 0) is 52.5 Å². The van der Waals surface area contributed by atoms with Gasteiger partial charge in [0, 0.05) is 65.3 Å². The SMILES string of the molecule is CCC(=O)CCCOCCOCC(=O)NCCCC[C@H](NC)C(=O)O.COCCOCCNC(=O)CC[C@H](CC(=O)CCCCCCCCCCCCCCCCC(=O)O)C(=O)O. The van der Waals surface area contributed by atoms with Crippen LogP contribution >= 0.6 is 0 Å². The van der Waals surface area contributed by atoms with Gasteiger partial charge < -0.3 is 50.2 Å². The number of nitrogens with one attached hydrogen (secondary N) is 3. The highest BCUT2D eigenvalue weighted by molar-refractivity contribution is 5.84. The van der Waals surface area contributed by atoms with Crippen LogP contribution in [0.1, 0.15) is 167 Å². The van der Waals surface area contributed by atoms with Gasteiger partial charge in [0.25, 0.3) is 0 Å². The van der Waals surface area contributed by atoms with Crippen LogP contribution in [0, 0.1) is 5.92 Å². The maximum absolute atomic E-state index is 12.2. The third-order valence-corrected chi connectivity index (χ3v) is 10.3. The molecule has 2 amide bonds. The molecule has 17 heteroatoms. The third kappa shape index (κ3) is 46.3. The summed E-state index contributed by atoms with van der Waals surface area (Å²) in [6, 6.07) is -0.542. The monoisotopic (exact) mass is 904 g/mol. The van der Waals surface area contributed by atoms with Crippen molar-refractivity contribution in [3.8, 4) is 0 Å². The fourth-order valence-electron chi connectivity index (χ4n) is 6.39. The zero-order chi connectivity index (χ0) is 47.2. The van der Waals surface area contributed by atoms with Crippen LogP contribution < -0.4 is 16.0 Å². The molecule has 0 saturated carbocycles. The first-order valence-corrected chi connectivity index (χ1v) is 23.5. The molecular weight excluding hydrogens is 819 g/mol. The molecule has 63 heavy (non-hydrogen) atoms. The number of amides is 2. The van der Waals surface area contributed by atoms with Crippen molar-refractivity contribution in [2.45, 2.75) is 173 Å². The maximum atomic E-state index is 12.2. The third-order valence-electron chi connectivity index (χ3n) is 10.3. The predicted molar refractivity (Wildman–Crippen MR) is 241 cm³/mol.